The van der Waals surface area contributed by atoms with Crippen molar-refractivity contribution in [3.63, 3.8) is 0 Å². The van der Waals surface area contributed by atoms with Crippen LogP contribution in [-0.4, -0.2) is 65.1 Å². The van der Waals surface area contributed by atoms with Crippen LogP contribution >= 0.6 is 0 Å². The van der Waals surface area contributed by atoms with Gasteiger partial charge in [-0.2, -0.15) is 20.2 Å². The summed E-state index contributed by atoms with van der Waals surface area (Å²) in [6, 6.07) is 8.43. The van der Waals surface area contributed by atoms with Crippen LogP contribution in [-0.2, 0) is 14.1 Å². The van der Waals surface area contributed by atoms with Gasteiger partial charge in [-0.3, -0.25) is 4.79 Å². The molecule has 1 atom stereocenters. The van der Waals surface area contributed by atoms with E-state index in [1.807, 2.05) is 0 Å². The molecule has 0 amide bonds. The summed E-state index contributed by atoms with van der Waals surface area (Å²) >= 11 is 0. The summed E-state index contributed by atoms with van der Waals surface area (Å²) in [5, 5.41) is 22.5. The Labute approximate surface area is 238 Å². The Morgan fingerprint density at radius 2 is 1.43 bits per heavy atom. The van der Waals surface area contributed by atoms with Crippen LogP contribution in [0, 0.1) is 0 Å². The molecule has 0 radical (unpaired) electrons. The van der Waals surface area contributed by atoms with Crippen molar-refractivity contribution >= 4 is 40.2 Å². The van der Waals surface area contributed by atoms with Crippen molar-refractivity contribution in [2.75, 3.05) is 25.7 Å². The van der Waals surface area contributed by atoms with E-state index in [-0.39, 0.29) is 17.5 Å². The van der Waals surface area contributed by atoms with Crippen molar-refractivity contribution < 1.29 is 19.4 Å². The predicted molar refractivity (Wildman–Crippen MR) is 155 cm³/mol. The van der Waals surface area contributed by atoms with Gasteiger partial charge in [-0.15, -0.1) is 0 Å². The lowest BCUT2D eigenvalue weighted by atomic mass is 9.89. The number of carbonyl (C=O) groups excluding carboxylic acids is 1. The van der Waals surface area contributed by atoms with Gasteiger partial charge in [0.25, 0.3) is 0 Å². The smallest absolute Gasteiger partial charge is 0.222 e. The molecule has 1 unspecified atom stereocenters. The fourth-order valence-corrected chi connectivity index (χ4v) is 5.16. The van der Waals surface area contributed by atoms with Gasteiger partial charge in [-0.05, 0) is 29.8 Å². The van der Waals surface area contributed by atoms with Crippen LogP contribution in [0.5, 0.6) is 11.5 Å². The number of aryl methyl sites for hydroxylation is 2. The van der Waals surface area contributed by atoms with Crippen LogP contribution in [0.2, 0.25) is 0 Å². The number of benzene rings is 2. The molecule has 4 heterocycles. The third-order valence-electron chi connectivity index (χ3n) is 7.09. The van der Waals surface area contributed by atoms with Crippen molar-refractivity contribution in [3.8, 4) is 34.0 Å². The minimum absolute atomic E-state index is 0.0896. The van der Waals surface area contributed by atoms with E-state index in [1.54, 1.807) is 73.3 Å². The lowest BCUT2D eigenvalue weighted by molar-refractivity contribution is 0.111. The lowest BCUT2D eigenvalue weighted by Crippen LogP contribution is -2.08. The van der Waals surface area contributed by atoms with Crippen molar-refractivity contribution in [2.45, 2.75) is 6.10 Å². The molecule has 5 N–H and O–H groups in total. The molecule has 4 aromatic heterocycles. The molecule has 6 aromatic rings. The van der Waals surface area contributed by atoms with Crippen molar-refractivity contribution in [1.82, 2.24) is 39.5 Å². The van der Waals surface area contributed by atoms with Gasteiger partial charge in [0.05, 0.1) is 30.6 Å². The molecule has 0 saturated carbocycles. The van der Waals surface area contributed by atoms with Gasteiger partial charge < -0.3 is 26.0 Å². The van der Waals surface area contributed by atoms with Gasteiger partial charge in [-0.1, -0.05) is 6.07 Å². The van der Waals surface area contributed by atoms with Crippen molar-refractivity contribution in [3.05, 3.63) is 59.4 Å². The predicted octanol–water partition coefficient (Wildman–Crippen LogP) is 2.45. The standard InChI is InChI=1S/C28H26N10O4/c1-37-25-16(10-31-27(29)33-25)22(35-37)15-9-13(5-7-18(15)41-3)24(40)20-14(12-39)6-8-19(42-4)21(20)23-17-11-32-28(30)34-26(17)38(2)36-23/h5-12,24,40H,1-4H3,(H2,29,31,33)(H2,30,32,34). The minimum atomic E-state index is -1.30. The molecule has 0 aliphatic rings. The second-order valence-corrected chi connectivity index (χ2v) is 9.50. The van der Waals surface area contributed by atoms with E-state index in [9.17, 15) is 9.90 Å². The number of fused-ring (bicyclic) bond motifs is 2. The summed E-state index contributed by atoms with van der Waals surface area (Å²) < 4.78 is 14.5. The highest BCUT2D eigenvalue weighted by Gasteiger charge is 2.28. The van der Waals surface area contributed by atoms with Gasteiger partial charge >= 0.3 is 0 Å². The molecule has 14 nitrogen and oxygen atoms in total. The first-order valence-electron chi connectivity index (χ1n) is 12.7. The number of nitrogens with two attached hydrogens (primary N) is 2. The van der Waals surface area contributed by atoms with Crippen LogP contribution in [0.1, 0.15) is 27.6 Å². The summed E-state index contributed by atoms with van der Waals surface area (Å²) in [5.74, 6) is 1.11. The number of aliphatic hydroxyl groups is 1. The average molecular weight is 567 g/mol. The Hall–Kier alpha value is -5.63. The molecule has 0 fully saturated rings. The number of anilines is 2. The fraction of sp³-hybridized carbons (Fsp3) is 0.179. The minimum Gasteiger partial charge on any atom is -0.496 e. The molecule has 0 aliphatic heterocycles. The van der Waals surface area contributed by atoms with Crippen LogP contribution < -0.4 is 20.9 Å². The number of carbonyl (C=O) groups is 1. The lowest BCUT2D eigenvalue weighted by Gasteiger charge is -2.21. The van der Waals surface area contributed by atoms with Crippen LogP contribution in [0.4, 0.5) is 11.9 Å². The highest BCUT2D eigenvalue weighted by atomic mass is 16.5. The first kappa shape index (κ1) is 26.6. The fourth-order valence-electron chi connectivity index (χ4n) is 5.16. The zero-order valence-corrected chi connectivity index (χ0v) is 23.1. The number of aromatic nitrogens is 8. The summed E-state index contributed by atoms with van der Waals surface area (Å²) in [7, 11) is 6.51. The number of rotatable bonds is 7. The largest absolute Gasteiger partial charge is 0.496 e. The van der Waals surface area contributed by atoms with E-state index in [4.69, 9.17) is 20.9 Å². The number of aldehydes is 1. The highest BCUT2D eigenvalue weighted by Crippen LogP contribution is 2.44. The second kappa shape index (κ2) is 10.1. The van der Waals surface area contributed by atoms with Gasteiger partial charge in [0.2, 0.25) is 11.9 Å². The molecule has 14 heteroatoms. The van der Waals surface area contributed by atoms with Crippen LogP contribution in [0.25, 0.3) is 44.6 Å². The summed E-state index contributed by atoms with van der Waals surface area (Å²) in [4.78, 5) is 29.2. The Bertz CT molecular complexity index is 2020. The SMILES string of the molecule is COc1ccc(C(O)c2c(C=O)ccc(OC)c2-c2nn(C)c3nc(N)ncc23)cc1-c1nn(C)c2nc(N)ncc12. The molecule has 0 aliphatic carbocycles. The van der Waals surface area contributed by atoms with Crippen molar-refractivity contribution in [1.29, 1.82) is 0 Å². The van der Waals surface area contributed by atoms with Gasteiger partial charge in [-0.25, -0.2) is 19.3 Å². The Balaban J connectivity index is 1.59. The highest BCUT2D eigenvalue weighted by molar-refractivity contribution is 5.97. The number of methoxy groups -OCH3 is 2. The van der Waals surface area contributed by atoms with E-state index in [1.165, 1.54) is 7.11 Å². The van der Waals surface area contributed by atoms with Gasteiger partial charge in [0, 0.05) is 43.2 Å². The molecule has 0 saturated heterocycles. The summed E-state index contributed by atoms with van der Waals surface area (Å²) in [6.07, 6.45) is 2.53. The maximum atomic E-state index is 12.3. The normalized spacial score (nSPS) is 12.1. The number of nitrogens with zero attached hydrogens (tertiary/aromatic N) is 8. The number of hydrogen-bond donors (Lipinski definition) is 3. The average Bonchev–Trinajstić information content (AvgIpc) is 3.50. The third kappa shape index (κ3) is 4.12. The van der Waals surface area contributed by atoms with E-state index in [2.05, 4.69) is 30.1 Å². The van der Waals surface area contributed by atoms with E-state index < -0.39 is 6.10 Å². The molecule has 2 aromatic carbocycles. The zero-order valence-electron chi connectivity index (χ0n) is 23.1. The first-order valence-corrected chi connectivity index (χ1v) is 12.7. The Morgan fingerprint density at radius 1 is 0.857 bits per heavy atom. The van der Waals surface area contributed by atoms with Gasteiger partial charge in [0.1, 0.15) is 35.3 Å². The Kier molecular flexibility index (Phi) is 6.38. The van der Waals surface area contributed by atoms with Crippen LogP contribution in [0.15, 0.2) is 42.7 Å². The molecular weight excluding hydrogens is 540 g/mol. The molecule has 212 valence electrons. The third-order valence-corrected chi connectivity index (χ3v) is 7.09. The maximum absolute atomic E-state index is 12.3. The van der Waals surface area contributed by atoms with Crippen LogP contribution in [0.3, 0.4) is 0 Å². The van der Waals surface area contributed by atoms with E-state index >= 15 is 0 Å². The molecule has 0 spiro atoms. The van der Waals surface area contributed by atoms with Crippen molar-refractivity contribution in [2.24, 2.45) is 14.1 Å². The van der Waals surface area contributed by atoms with E-state index in [0.717, 1.165) is 0 Å². The molecule has 6 rings (SSSR count). The Morgan fingerprint density at radius 3 is 2.02 bits per heavy atom. The van der Waals surface area contributed by atoms with E-state index in [0.29, 0.717) is 73.5 Å². The monoisotopic (exact) mass is 566 g/mol. The molecule has 42 heavy (non-hydrogen) atoms. The molecule has 0 bridgehead atoms. The number of aliphatic hydroxyl groups excluding tert-OH is 1. The van der Waals surface area contributed by atoms with Gasteiger partial charge in [0.15, 0.2) is 11.3 Å². The first-order chi connectivity index (χ1) is 20.2. The summed E-state index contributed by atoms with van der Waals surface area (Å²) in [6.45, 7) is 0. The molecular formula is C28H26N10O4. The number of ether oxygens (including phenoxy) is 2. The maximum Gasteiger partial charge on any atom is 0.222 e. The topological polar surface area (TPSA) is 195 Å². The second-order valence-electron chi connectivity index (χ2n) is 9.50. The zero-order chi connectivity index (χ0) is 29.7. The number of nitrogen functional groups attached to an aromatic ring is 2. The quantitative estimate of drug-likeness (QED) is 0.239. The number of hydrogen-bond acceptors (Lipinski definition) is 12. The summed E-state index contributed by atoms with van der Waals surface area (Å²) in [5.41, 5.74) is 15.6.